The third kappa shape index (κ3) is 2.79. The second-order valence-electron chi connectivity index (χ2n) is 4.59. The molecule has 1 atom stereocenters. The van der Waals surface area contributed by atoms with Gasteiger partial charge < -0.3 is 10.3 Å². The Labute approximate surface area is 107 Å². The molecule has 0 bridgehead atoms. The van der Waals surface area contributed by atoms with Gasteiger partial charge in [0.25, 0.3) is 0 Å². The molecule has 1 aromatic carbocycles. The molecule has 2 rings (SSSR count). The number of nitrogens with two attached hydrogens (primary N) is 1. The summed E-state index contributed by atoms with van der Waals surface area (Å²) in [5, 5.41) is 0.752. The van der Waals surface area contributed by atoms with Crippen LogP contribution in [0.1, 0.15) is 25.6 Å². The van der Waals surface area contributed by atoms with Gasteiger partial charge in [-0.3, -0.25) is 0 Å². The van der Waals surface area contributed by atoms with E-state index in [9.17, 15) is 0 Å². The van der Waals surface area contributed by atoms with Crippen LogP contribution in [0, 0.1) is 0 Å². The highest BCUT2D eigenvalue weighted by Crippen LogP contribution is 2.20. The Balaban J connectivity index is 2.20. The highest BCUT2D eigenvalue weighted by Gasteiger charge is 2.08. The second-order valence-corrected chi connectivity index (χ2v) is 5.03. The van der Waals surface area contributed by atoms with Gasteiger partial charge in [-0.25, -0.2) is 4.98 Å². The molecule has 0 spiro atoms. The summed E-state index contributed by atoms with van der Waals surface area (Å²) in [5.74, 6) is 1.10. The van der Waals surface area contributed by atoms with E-state index in [0.29, 0.717) is 0 Å². The summed E-state index contributed by atoms with van der Waals surface area (Å²) in [6, 6.07) is 6.06. The SMILES string of the molecule is CC(N)CCCc1nc2ccc(Cl)cc2n1C. The van der Waals surface area contributed by atoms with Gasteiger partial charge in [0.15, 0.2) is 0 Å². The van der Waals surface area contributed by atoms with Crippen LogP contribution in [0.2, 0.25) is 5.02 Å². The van der Waals surface area contributed by atoms with Crippen LogP contribution in [0.3, 0.4) is 0 Å². The Hall–Kier alpha value is -1.06. The van der Waals surface area contributed by atoms with Crippen molar-refractivity contribution in [3.8, 4) is 0 Å². The first-order valence-corrected chi connectivity index (χ1v) is 6.32. The molecule has 0 saturated heterocycles. The number of aryl methyl sites for hydroxylation is 2. The molecule has 1 unspecified atom stereocenters. The molecule has 2 N–H and O–H groups in total. The van der Waals surface area contributed by atoms with Crippen molar-refractivity contribution in [3.63, 3.8) is 0 Å². The van der Waals surface area contributed by atoms with E-state index in [1.54, 1.807) is 0 Å². The first-order chi connectivity index (χ1) is 8.08. The van der Waals surface area contributed by atoms with Crippen molar-refractivity contribution in [2.75, 3.05) is 0 Å². The monoisotopic (exact) mass is 251 g/mol. The molecular weight excluding hydrogens is 234 g/mol. The van der Waals surface area contributed by atoms with E-state index in [1.165, 1.54) is 0 Å². The average Bonchev–Trinajstić information content (AvgIpc) is 2.56. The largest absolute Gasteiger partial charge is 0.331 e. The maximum Gasteiger partial charge on any atom is 0.109 e. The third-order valence-corrected chi connectivity index (χ3v) is 3.23. The number of halogens is 1. The fraction of sp³-hybridized carbons (Fsp3) is 0.462. The van der Waals surface area contributed by atoms with Crippen LogP contribution < -0.4 is 5.73 Å². The van der Waals surface area contributed by atoms with Crippen molar-refractivity contribution in [1.29, 1.82) is 0 Å². The molecule has 1 aromatic heterocycles. The van der Waals surface area contributed by atoms with Crippen molar-refractivity contribution in [2.24, 2.45) is 12.8 Å². The third-order valence-electron chi connectivity index (χ3n) is 3.00. The highest BCUT2D eigenvalue weighted by molar-refractivity contribution is 6.31. The molecule has 3 nitrogen and oxygen atoms in total. The molecule has 1 heterocycles. The van der Waals surface area contributed by atoms with E-state index in [1.807, 2.05) is 32.2 Å². The van der Waals surface area contributed by atoms with Gasteiger partial charge in [0.2, 0.25) is 0 Å². The van der Waals surface area contributed by atoms with Gasteiger partial charge in [-0.05, 0) is 38.0 Å². The number of benzene rings is 1. The Morgan fingerprint density at radius 3 is 2.94 bits per heavy atom. The summed E-state index contributed by atoms with van der Waals surface area (Å²) in [6.07, 6.45) is 3.07. The van der Waals surface area contributed by atoms with Crippen molar-refractivity contribution in [1.82, 2.24) is 9.55 Å². The van der Waals surface area contributed by atoms with Gasteiger partial charge >= 0.3 is 0 Å². The molecule has 0 aliphatic rings. The van der Waals surface area contributed by atoms with Gasteiger partial charge in [0, 0.05) is 24.5 Å². The van der Waals surface area contributed by atoms with E-state index in [4.69, 9.17) is 17.3 Å². The minimum absolute atomic E-state index is 0.263. The zero-order valence-electron chi connectivity index (χ0n) is 10.3. The summed E-state index contributed by atoms with van der Waals surface area (Å²) in [7, 11) is 2.03. The smallest absolute Gasteiger partial charge is 0.109 e. The number of aromatic nitrogens is 2. The van der Waals surface area contributed by atoms with Gasteiger partial charge in [-0.2, -0.15) is 0 Å². The van der Waals surface area contributed by atoms with Crippen LogP contribution >= 0.6 is 11.6 Å². The topological polar surface area (TPSA) is 43.8 Å². The first-order valence-electron chi connectivity index (χ1n) is 5.94. The molecule has 92 valence electrons. The predicted molar refractivity (Wildman–Crippen MR) is 72.3 cm³/mol. The Morgan fingerprint density at radius 2 is 2.24 bits per heavy atom. The molecular formula is C13H18ClN3. The Bertz CT molecular complexity index is 517. The molecule has 17 heavy (non-hydrogen) atoms. The van der Waals surface area contributed by atoms with E-state index >= 15 is 0 Å². The van der Waals surface area contributed by atoms with Gasteiger partial charge in [-0.1, -0.05) is 11.6 Å². The van der Waals surface area contributed by atoms with Crippen LogP contribution in [0.15, 0.2) is 18.2 Å². The Morgan fingerprint density at radius 1 is 1.47 bits per heavy atom. The van der Waals surface area contributed by atoms with E-state index in [0.717, 1.165) is 41.1 Å². The molecule has 0 saturated carbocycles. The van der Waals surface area contributed by atoms with Crippen LogP contribution in [0.25, 0.3) is 11.0 Å². The number of imidazole rings is 1. The average molecular weight is 252 g/mol. The lowest BCUT2D eigenvalue weighted by Crippen LogP contribution is -2.14. The van der Waals surface area contributed by atoms with E-state index in [2.05, 4.69) is 9.55 Å². The fourth-order valence-corrected chi connectivity index (χ4v) is 2.18. The maximum atomic E-state index is 5.99. The number of fused-ring (bicyclic) bond motifs is 1. The summed E-state index contributed by atoms with van der Waals surface area (Å²) >= 11 is 5.99. The molecule has 0 fully saturated rings. The highest BCUT2D eigenvalue weighted by atomic mass is 35.5. The lowest BCUT2D eigenvalue weighted by atomic mass is 10.1. The minimum Gasteiger partial charge on any atom is -0.331 e. The molecule has 0 amide bonds. The summed E-state index contributed by atoms with van der Waals surface area (Å²) in [5.41, 5.74) is 7.84. The Kier molecular flexibility index (Phi) is 3.69. The predicted octanol–water partition coefficient (Wildman–Crippen LogP) is 2.90. The number of hydrogen-bond donors (Lipinski definition) is 1. The van der Waals surface area contributed by atoms with Crippen LogP contribution in [0.4, 0.5) is 0 Å². The number of hydrogen-bond acceptors (Lipinski definition) is 2. The number of rotatable bonds is 4. The minimum atomic E-state index is 0.263. The van der Waals surface area contributed by atoms with Crippen LogP contribution in [-0.2, 0) is 13.5 Å². The quantitative estimate of drug-likeness (QED) is 0.908. The summed E-state index contributed by atoms with van der Waals surface area (Å²) in [4.78, 5) is 4.61. The lowest BCUT2D eigenvalue weighted by molar-refractivity contribution is 0.607. The fourth-order valence-electron chi connectivity index (χ4n) is 2.02. The van der Waals surface area contributed by atoms with E-state index in [-0.39, 0.29) is 6.04 Å². The first kappa shape index (κ1) is 12.4. The molecule has 4 heteroatoms. The molecule has 0 aliphatic heterocycles. The standard InChI is InChI=1S/C13H18ClN3/c1-9(15)4-3-5-13-16-11-7-6-10(14)8-12(11)17(13)2/h6-9H,3-5,15H2,1-2H3. The van der Waals surface area contributed by atoms with Gasteiger partial charge in [-0.15, -0.1) is 0 Å². The van der Waals surface area contributed by atoms with Crippen molar-refractivity contribution >= 4 is 22.6 Å². The van der Waals surface area contributed by atoms with Crippen molar-refractivity contribution < 1.29 is 0 Å². The summed E-state index contributed by atoms with van der Waals surface area (Å²) in [6.45, 7) is 2.04. The summed E-state index contributed by atoms with van der Waals surface area (Å²) < 4.78 is 2.11. The second kappa shape index (κ2) is 5.07. The molecule has 0 radical (unpaired) electrons. The van der Waals surface area contributed by atoms with Gasteiger partial charge in [0.05, 0.1) is 11.0 Å². The zero-order chi connectivity index (χ0) is 12.4. The van der Waals surface area contributed by atoms with Crippen LogP contribution in [-0.4, -0.2) is 15.6 Å². The normalized spacial score (nSPS) is 13.2. The maximum absolute atomic E-state index is 5.99. The van der Waals surface area contributed by atoms with Gasteiger partial charge in [0.1, 0.15) is 5.82 Å². The lowest BCUT2D eigenvalue weighted by Gasteiger charge is -2.05. The molecule has 0 aliphatic carbocycles. The molecule has 2 aromatic rings. The van der Waals surface area contributed by atoms with Crippen molar-refractivity contribution in [3.05, 3.63) is 29.0 Å². The number of nitrogens with zero attached hydrogens (tertiary/aromatic N) is 2. The zero-order valence-corrected chi connectivity index (χ0v) is 11.0. The van der Waals surface area contributed by atoms with E-state index < -0.39 is 0 Å². The van der Waals surface area contributed by atoms with Crippen molar-refractivity contribution in [2.45, 2.75) is 32.2 Å². The van der Waals surface area contributed by atoms with Crippen LogP contribution in [0.5, 0.6) is 0 Å².